The van der Waals surface area contributed by atoms with Crippen LogP contribution in [0.2, 0.25) is 0 Å². The minimum Gasteiger partial charge on any atom is -0.399 e. The average molecular weight is 258 g/mol. The first-order valence-corrected chi connectivity index (χ1v) is 5.96. The van der Waals surface area contributed by atoms with Crippen molar-refractivity contribution in [2.45, 2.75) is 12.8 Å². The Balaban J connectivity index is 0.000000218. The number of hydrogen-bond acceptors (Lipinski definition) is 4. The van der Waals surface area contributed by atoms with Crippen molar-refractivity contribution in [2.75, 3.05) is 5.73 Å². The van der Waals surface area contributed by atoms with E-state index in [4.69, 9.17) is 5.73 Å². The SMILES string of the molecule is NOC(=O)CCc1ccccc1.Nc1ccccc1. The quantitative estimate of drug-likeness (QED) is 0.654. The third kappa shape index (κ3) is 6.85. The molecule has 0 aliphatic heterocycles. The van der Waals surface area contributed by atoms with Crippen molar-refractivity contribution in [3.8, 4) is 0 Å². The maximum Gasteiger partial charge on any atom is 0.324 e. The molecule has 0 bridgehead atoms. The van der Waals surface area contributed by atoms with Crippen LogP contribution in [-0.2, 0) is 16.1 Å². The monoisotopic (exact) mass is 258 g/mol. The molecule has 0 aliphatic rings. The Bertz CT molecular complexity index is 472. The molecule has 0 saturated heterocycles. The maximum atomic E-state index is 10.6. The largest absolute Gasteiger partial charge is 0.399 e. The molecule has 4 nitrogen and oxygen atoms in total. The molecular weight excluding hydrogens is 240 g/mol. The summed E-state index contributed by atoms with van der Waals surface area (Å²) in [6.07, 6.45) is 1.01. The van der Waals surface area contributed by atoms with Crippen LogP contribution in [-0.4, -0.2) is 5.97 Å². The molecule has 0 unspecified atom stereocenters. The van der Waals surface area contributed by atoms with Crippen LogP contribution in [0, 0.1) is 0 Å². The maximum absolute atomic E-state index is 10.6. The van der Waals surface area contributed by atoms with Crippen molar-refractivity contribution >= 4 is 11.7 Å². The van der Waals surface area contributed by atoms with E-state index in [1.54, 1.807) is 0 Å². The van der Waals surface area contributed by atoms with Crippen LogP contribution >= 0.6 is 0 Å². The van der Waals surface area contributed by atoms with Gasteiger partial charge in [-0.15, -0.1) is 0 Å². The lowest BCUT2D eigenvalue weighted by Crippen LogP contribution is -2.10. The van der Waals surface area contributed by atoms with E-state index in [0.717, 1.165) is 11.3 Å². The number of benzene rings is 2. The lowest BCUT2D eigenvalue weighted by molar-refractivity contribution is -0.144. The van der Waals surface area contributed by atoms with Gasteiger partial charge in [-0.3, -0.25) is 4.79 Å². The van der Waals surface area contributed by atoms with Crippen molar-refractivity contribution in [3.05, 3.63) is 66.2 Å². The Kier molecular flexibility index (Phi) is 6.76. The number of nitrogens with two attached hydrogens (primary N) is 2. The Morgan fingerprint density at radius 2 is 1.47 bits per heavy atom. The molecule has 4 N–H and O–H groups in total. The molecule has 2 aromatic rings. The first-order valence-electron chi connectivity index (χ1n) is 5.96. The van der Waals surface area contributed by atoms with Crippen molar-refractivity contribution in [2.24, 2.45) is 5.90 Å². The number of carbonyl (C=O) groups excluding carboxylic acids is 1. The second kappa shape index (κ2) is 8.72. The third-order valence-electron chi connectivity index (χ3n) is 2.39. The number of anilines is 1. The standard InChI is InChI=1S/C9H11NO2.C6H7N/c10-12-9(11)7-6-8-4-2-1-3-5-8;7-6-4-2-1-3-5-6/h1-5H,6-7,10H2;1-5H,7H2. The predicted octanol–water partition coefficient (Wildman–Crippen LogP) is 2.30. The van der Waals surface area contributed by atoms with Crippen molar-refractivity contribution in [3.63, 3.8) is 0 Å². The van der Waals surface area contributed by atoms with E-state index >= 15 is 0 Å². The predicted molar refractivity (Wildman–Crippen MR) is 75.9 cm³/mol. The minimum atomic E-state index is -0.376. The smallest absolute Gasteiger partial charge is 0.324 e. The summed E-state index contributed by atoms with van der Waals surface area (Å²) in [5.74, 6) is 4.31. The highest BCUT2D eigenvalue weighted by Gasteiger charge is 2.00. The minimum absolute atomic E-state index is 0.334. The zero-order chi connectivity index (χ0) is 13.9. The van der Waals surface area contributed by atoms with E-state index in [0.29, 0.717) is 12.8 Å². The molecule has 0 radical (unpaired) electrons. The zero-order valence-electron chi connectivity index (χ0n) is 10.7. The van der Waals surface area contributed by atoms with Crippen LogP contribution in [0.1, 0.15) is 12.0 Å². The topological polar surface area (TPSA) is 78.3 Å². The van der Waals surface area contributed by atoms with Gasteiger partial charge in [0.2, 0.25) is 0 Å². The van der Waals surface area contributed by atoms with Crippen LogP contribution in [0.3, 0.4) is 0 Å². The molecule has 100 valence electrons. The van der Waals surface area contributed by atoms with Crippen LogP contribution in [0.4, 0.5) is 5.69 Å². The number of nitrogen functional groups attached to an aromatic ring is 1. The highest BCUT2D eigenvalue weighted by Crippen LogP contribution is 2.02. The summed E-state index contributed by atoms with van der Waals surface area (Å²) >= 11 is 0. The Morgan fingerprint density at radius 3 is 1.89 bits per heavy atom. The van der Waals surface area contributed by atoms with E-state index < -0.39 is 0 Å². The second-order valence-corrected chi connectivity index (χ2v) is 3.89. The summed E-state index contributed by atoms with van der Waals surface area (Å²) < 4.78 is 0. The van der Waals surface area contributed by atoms with Crippen molar-refractivity contribution in [1.29, 1.82) is 0 Å². The van der Waals surface area contributed by atoms with Gasteiger partial charge in [-0.05, 0) is 24.1 Å². The van der Waals surface area contributed by atoms with Gasteiger partial charge in [-0.2, -0.15) is 5.90 Å². The van der Waals surface area contributed by atoms with E-state index in [1.807, 2.05) is 60.7 Å². The Hall–Kier alpha value is -2.33. The number of para-hydroxylation sites is 1. The molecular formula is C15H18N2O2. The summed E-state index contributed by atoms with van der Waals surface area (Å²) in [5, 5.41) is 0. The van der Waals surface area contributed by atoms with Gasteiger partial charge in [0.25, 0.3) is 0 Å². The first kappa shape index (κ1) is 14.7. The van der Waals surface area contributed by atoms with Gasteiger partial charge in [-0.1, -0.05) is 48.5 Å². The summed E-state index contributed by atoms with van der Waals surface area (Å²) in [7, 11) is 0. The fraction of sp³-hybridized carbons (Fsp3) is 0.133. The molecule has 19 heavy (non-hydrogen) atoms. The average Bonchev–Trinajstić information content (AvgIpc) is 2.47. The van der Waals surface area contributed by atoms with Crippen LogP contribution < -0.4 is 11.6 Å². The Morgan fingerprint density at radius 1 is 0.947 bits per heavy atom. The summed E-state index contributed by atoms with van der Waals surface area (Å²) in [4.78, 5) is 14.7. The summed E-state index contributed by atoms with van der Waals surface area (Å²) in [6.45, 7) is 0. The fourth-order valence-electron chi connectivity index (χ4n) is 1.40. The number of hydrogen-bond donors (Lipinski definition) is 2. The van der Waals surface area contributed by atoms with Crippen LogP contribution in [0.15, 0.2) is 60.7 Å². The molecule has 4 heteroatoms. The normalized spacial score (nSPS) is 9.11. The molecule has 0 spiro atoms. The van der Waals surface area contributed by atoms with E-state index in [9.17, 15) is 4.79 Å². The molecule has 0 saturated carbocycles. The van der Waals surface area contributed by atoms with Crippen LogP contribution in [0.5, 0.6) is 0 Å². The van der Waals surface area contributed by atoms with Gasteiger partial charge in [0.1, 0.15) is 0 Å². The molecule has 0 atom stereocenters. The molecule has 0 heterocycles. The van der Waals surface area contributed by atoms with Crippen LogP contribution in [0.25, 0.3) is 0 Å². The van der Waals surface area contributed by atoms with E-state index in [1.165, 1.54) is 0 Å². The fourth-order valence-corrected chi connectivity index (χ4v) is 1.40. The molecule has 0 aliphatic carbocycles. The van der Waals surface area contributed by atoms with Gasteiger partial charge in [0.05, 0.1) is 6.42 Å². The van der Waals surface area contributed by atoms with Gasteiger partial charge in [-0.25, -0.2) is 0 Å². The highest BCUT2D eigenvalue weighted by molar-refractivity contribution is 5.69. The molecule has 0 fully saturated rings. The number of rotatable bonds is 3. The highest BCUT2D eigenvalue weighted by atomic mass is 16.7. The number of carbonyl (C=O) groups is 1. The number of aryl methyl sites for hydroxylation is 1. The molecule has 0 aromatic heterocycles. The van der Waals surface area contributed by atoms with Crippen molar-refractivity contribution < 1.29 is 9.63 Å². The van der Waals surface area contributed by atoms with E-state index in [2.05, 4.69) is 10.7 Å². The van der Waals surface area contributed by atoms with Crippen molar-refractivity contribution in [1.82, 2.24) is 0 Å². The summed E-state index contributed by atoms with van der Waals surface area (Å²) in [6, 6.07) is 19.2. The van der Waals surface area contributed by atoms with Gasteiger partial charge in [0, 0.05) is 5.69 Å². The lowest BCUT2D eigenvalue weighted by atomic mass is 10.1. The Labute approximate surface area is 112 Å². The second-order valence-electron chi connectivity index (χ2n) is 3.89. The van der Waals surface area contributed by atoms with Gasteiger partial charge < -0.3 is 10.6 Å². The lowest BCUT2D eigenvalue weighted by Gasteiger charge is -1.98. The zero-order valence-corrected chi connectivity index (χ0v) is 10.7. The van der Waals surface area contributed by atoms with Gasteiger partial charge in [0.15, 0.2) is 0 Å². The van der Waals surface area contributed by atoms with E-state index in [-0.39, 0.29) is 5.97 Å². The third-order valence-corrected chi connectivity index (χ3v) is 2.39. The molecule has 0 amide bonds. The first-order chi connectivity index (χ1) is 9.22. The summed E-state index contributed by atoms with van der Waals surface area (Å²) in [5.41, 5.74) is 7.29. The molecule has 2 rings (SSSR count). The molecule has 2 aromatic carbocycles. The van der Waals surface area contributed by atoms with Gasteiger partial charge >= 0.3 is 5.97 Å².